The molecule has 0 aliphatic heterocycles. The van der Waals surface area contributed by atoms with E-state index in [1.165, 1.54) is 4.90 Å². The number of carbonyl (C=O) groups is 3. The van der Waals surface area contributed by atoms with Crippen molar-refractivity contribution in [3.8, 4) is 0 Å². The highest BCUT2D eigenvalue weighted by Gasteiger charge is 2.31. The molecule has 2 aromatic carbocycles. The number of nitrogens with one attached hydrogen (secondary N) is 2. The van der Waals surface area contributed by atoms with Crippen molar-refractivity contribution in [2.45, 2.75) is 20.3 Å². The summed E-state index contributed by atoms with van der Waals surface area (Å²) >= 11 is 0. The van der Waals surface area contributed by atoms with Crippen molar-refractivity contribution in [1.82, 2.24) is 0 Å². The Balaban J connectivity index is 1.86. The first-order valence-electron chi connectivity index (χ1n) is 9.01. The number of anilines is 1. The lowest BCUT2D eigenvalue weighted by atomic mass is 9.83. The number of carbonyl (C=O) groups excluding carboxylic acids is 3. The second kappa shape index (κ2) is 7.62. The molecule has 0 saturated heterocycles. The zero-order valence-electron chi connectivity index (χ0n) is 15.1. The molecule has 0 aromatic heterocycles. The van der Waals surface area contributed by atoms with Crippen molar-refractivity contribution >= 4 is 23.2 Å². The third kappa shape index (κ3) is 3.30. The van der Waals surface area contributed by atoms with E-state index in [1.54, 1.807) is 42.5 Å². The van der Waals surface area contributed by atoms with Crippen LogP contribution in [0.1, 0.15) is 52.1 Å². The van der Waals surface area contributed by atoms with Crippen molar-refractivity contribution in [2.75, 3.05) is 25.0 Å². The van der Waals surface area contributed by atoms with E-state index in [4.69, 9.17) is 0 Å². The van der Waals surface area contributed by atoms with Crippen molar-refractivity contribution in [1.29, 1.82) is 0 Å². The summed E-state index contributed by atoms with van der Waals surface area (Å²) in [7, 11) is 0. The minimum Gasteiger partial charge on any atom is -0.335 e. The van der Waals surface area contributed by atoms with E-state index in [0.717, 1.165) is 19.6 Å². The summed E-state index contributed by atoms with van der Waals surface area (Å²) in [5.74, 6) is -0.545. The molecular formula is C21H23N2O3+. The molecule has 1 aliphatic rings. The van der Waals surface area contributed by atoms with Crippen LogP contribution in [0.5, 0.6) is 0 Å². The molecule has 5 heteroatoms. The summed E-state index contributed by atoms with van der Waals surface area (Å²) in [5, 5.41) is 2.83. The normalized spacial score (nSPS) is 12.7. The highest BCUT2D eigenvalue weighted by atomic mass is 16.2. The Morgan fingerprint density at radius 1 is 0.885 bits per heavy atom. The largest absolute Gasteiger partial charge is 0.335 e. The molecular weight excluding hydrogens is 328 g/mol. The van der Waals surface area contributed by atoms with Crippen LogP contribution in [0.3, 0.4) is 0 Å². The van der Waals surface area contributed by atoms with Gasteiger partial charge in [-0.15, -0.1) is 0 Å². The van der Waals surface area contributed by atoms with Crippen LogP contribution >= 0.6 is 0 Å². The van der Waals surface area contributed by atoms with Crippen molar-refractivity contribution in [3.05, 3.63) is 64.7 Å². The molecule has 2 aromatic rings. The molecule has 0 spiro atoms. The summed E-state index contributed by atoms with van der Waals surface area (Å²) in [6.07, 6.45) is 0.374. The van der Waals surface area contributed by atoms with E-state index >= 15 is 0 Å². The van der Waals surface area contributed by atoms with Crippen LogP contribution in [0.4, 0.5) is 5.69 Å². The maximum atomic E-state index is 12.9. The summed E-state index contributed by atoms with van der Waals surface area (Å²) in [4.78, 5) is 39.3. The van der Waals surface area contributed by atoms with Crippen molar-refractivity contribution in [2.24, 2.45) is 0 Å². The van der Waals surface area contributed by atoms with E-state index in [-0.39, 0.29) is 17.5 Å². The third-order valence-electron chi connectivity index (χ3n) is 4.93. The van der Waals surface area contributed by atoms with Crippen LogP contribution in [-0.4, -0.2) is 37.1 Å². The number of amides is 1. The quantitative estimate of drug-likeness (QED) is 0.711. The Morgan fingerprint density at radius 2 is 1.50 bits per heavy atom. The van der Waals surface area contributed by atoms with E-state index in [0.29, 0.717) is 34.4 Å². The Labute approximate surface area is 153 Å². The van der Waals surface area contributed by atoms with Gasteiger partial charge in [0, 0.05) is 16.7 Å². The first kappa shape index (κ1) is 18.0. The van der Waals surface area contributed by atoms with Gasteiger partial charge in [-0.3, -0.25) is 14.4 Å². The number of ketones is 2. The average molecular weight is 351 g/mol. The minimum absolute atomic E-state index is 0.142. The van der Waals surface area contributed by atoms with Crippen molar-refractivity contribution in [3.63, 3.8) is 0 Å². The lowest BCUT2D eigenvalue weighted by Gasteiger charge is -2.20. The van der Waals surface area contributed by atoms with Gasteiger partial charge in [-0.25, -0.2) is 0 Å². The average Bonchev–Trinajstić information content (AvgIpc) is 2.67. The van der Waals surface area contributed by atoms with Crippen LogP contribution in [0.2, 0.25) is 0 Å². The smallest absolute Gasteiger partial charge is 0.230 e. The van der Waals surface area contributed by atoms with Gasteiger partial charge >= 0.3 is 0 Å². The van der Waals surface area contributed by atoms with Gasteiger partial charge in [0.2, 0.25) is 5.91 Å². The second-order valence-electron chi connectivity index (χ2n) is 6.44. The Kier molecular flexibility index (Phi) is 5.28. The molecule has 0 heterocycles. The molecule has 0 saturated carbocycles. The number of benzene rings is 2. The SMILES string of the molecule is CC[NH+](CC)CCC(=O)Nc1cccc2c1C(=O)c1ccccc1C2=O. The summed E-state index contributed by atoms with van der Waals surface area (Å²) in [6, 6.07) is 11.8. The molecule has 134 valence electrons. The standard InChI is InChI=1S/C21H22N2O3/c1-3-23(4-2)13-12-18(24)22-17-11-7-10-16-19(17)21(26)15-9-6-5-8-14(15)20(16)25/h5-11H,3-4,12-13H2,1-2H3,(H,22,24)/p+1. The molecule has 0 atom stereocenters. The second-order valence-corrected chi connectivity index (χ2v) is 6.44. The first-order valence-corrected chi connectivity index (χ1v) is 9.01. The maximum Gasteiger partial charge on any atom is 0.230 e. The molecule has 0 bridgehead atoms. The third-order valence-corrected chi connectivity index (χ3v) is 4.93. The highest BCUT2D eigenvalue weighted by Crippen LogP contribution is 2.31. The van der Waals surface area contributed by atoms with Crippen LogP contribution in [0.15, 0.2) is 42.5 Å². The Hall–Kier alpha value is -2.79. The molecule has 5 nitrogen and oxygen atoms in total. The van der Waals surface area contributed by atoms with Gasteiger partial charge in [0.05, 0.1) is 37.3 Å². The highest BCUT2D eigenvalue weighted by molar-refractivity contribution is 6.30. The van der Waals surface area contributed by atoms with Crippen LogP contribution in [0.25, 0.3) is 0 Å². The molecule has 26 heavy (non-hydrogen) atoms. The Bertz CT molecular complexity index is 869. The Morgan fingerprint density at radius 3 is 2.15 bits per heavy atom. The van der Waals surface area contributed by atoms with Crippen LogP contribution in [0, 0.1) is 0 Å². The van der Waals surface area contributed by atoms with E-state index < -0.39 is 0 Å². The van der Waals surface area contributed by atoms with E-state index in [9.17, 15) is 14.4 Å². The fourth-order valence-corrected chi connectivity index (χ4v) is 3.36. The molecule has 0 radical (unpaired) electrons. The molecule has 0 fully saturated rings. The molecule has 0 unspecified atom stereocenters. The van der Waals surface area contributed by atoms with Gasteiger partial charge in [-0.1, -0.05) is 36.4 Å². The fraction of sp³-hybridized carbons (Fsp3) is 0.286. The van der Waals surface area contributed by atoms with Gasteiger partial charge in [0.25, 0.3) is 0 Å². The zero-order valence-corrected chi connectivity index (χ0v) is 15.1. The van der Waals surface area contributed by atoms with Gasteiger partial charge in [0.1, 0.15) is 0 Å². The van der Waals surface area contributed by atoms with Gasteiger partial charge in [-0.05, 0) is 19.9 Å². The maximum absolute atomic E-state index is 12.9. The molecule has 1 aliphatic carbocycles. The van der Waals surface area contributed by atoms with E-state index in [1.807, 2.05) is 0 Å². The number of rotatable bonds is 6. The number of hydrogen-bond acceptors (Lipinski definition) is 3. The molecule has 3 rings (SSSR count). The number of fused-ring (bicyclic) bond motifs is 2. The van der Waals surface area contributed by atoms with E-state index in [2.05, 4.69) is 19.2 Å². The topological polar surface area (TPSA) is 67.7 Å². The van der Waals surface area contributed by atoms with Crippen LogP contribution in [-0.2, 0) is 4.79 Å². The summed E-state index contributed by atoms with van der Waals surface area (Å²) < 4.78 is 0. The summed E-state index contributed by atoms with van der Waals surface area (Å²) in [6.45, 7) is 6.85. The lowest BCUT2D eigenvalue weighted by Crippen LogP contribution is -3.11. The predicted octanol–water partition coefficient (Wildman–Crippen LogP) is 1.72. The zero-order chi connectivity index (χ0) is 18.7. The van der Waals surface area contributed by atoms with Crippen molar-refractivity contribution < 1.29 is 19.3 Å². The van der Waals surface area contributed by atoms with Gasteiger partial charge in [0.15, 0.2) is 11.6 Å². The molecule has 2 N–H and O–H groups in total. The minimum atomic E-state index is -0.222. The van der Waals surface area contributed by atoms with Crippen LogP contribution < -0.4 is 10.2 Å². The van der Waals surface area contributed by atoms with Gasteiger partial charge < -0.3 is 10.2 Å². The monoisotopic (exact) mass is 351 g/mol. The molecule has 1 amide bonds. The lowest BCUT2D eigenvalue weighted by molar-refractivity contribution is -0.895. The first-order chi connectivity index (χ1) is 12.6. The fourth-order valence-electron chi connectivity index (χ4n) is 3.36. The number of hydrogen-bond donors (Lipinski definition) is 2. The van der Waals surface area contributed by atoms with Gasteiger partial charge in [-0.2, -0.15) is 0 Å². The summed E-state index contributed by atoms with van der Waals surface area (Å²) in [5.41, 5.74) is 1.85. The number of quaternary nitrogens is 1. The predicted molar refractivity (Wildman–Crippen MR) is 99.9 cm³/mol.